The molecule has 6 heteroatoms. The van der Waals surface area contributed by atoms with E-state index in [4.69, 9.17) is 16.3 Å². The molecule has 2 heterocycles. The molecule has 1 unspecified atom stereocenters. The number of nitrogens with zero attached hydrogens (tertiary/aromatic N) is 2. The zero-order chi connectivity index (χ0) is 17.1. The van der Waals surface area contributed by atoms with Gasteiger partial charge in [-0.25, -0.2) is 0 Å². The van der Waals surface area contributed by atoms with Crippen molar-refractivity contribution < 1.29 is 14.3 Å². The van der Waals surface area contributed by atoms with Crippen molar-refractivity contribution in [2.45, 2.75) is 19.8 Å². The standard InChI is InChI=1S/C18H23ClN2O3/c1-13-14(3-2-4-16(13)19)11-15-12-17(22)21(18(15)23)6-5-20-7-9-24-10-8-20/h2-4,15H,5-12H2,1H3. The van der Waals surface area contributed by atoms with Gasteiger partial charge in [0.15, 0.2) is 0 Å². The summed E-state index contributed by atoms with van der Waals surface area (Å²) in [6.45, 7) is 6.32. The van der Waals surface area contributed by atoms with Gasteiger partial charge in [-0.1, -0.05) is 23.7 Å². The van der Waals surface area contributed by atoms with E-state index in [-0.39, 0.29) is 17.7 Å². The number of benzene rings is 1. The van der Waals surface area contributed by atoms with Crippen molar-refractivity contribution in [2.24, 2.45) is 5.92 Å². The van der Waals surface area contributed by atoms with Gasteiger partial charge in [0.1, 0.15) is 0 Å². The third kappa shape index (κ3) is 3.79. The molecule has 2 saturated heterocycles. The Hall–Kier alpha value is -1.43. The number of morpholine rings is 1. The van der Waals surface area contributed by atoms with Gasteiger partial charge >= 0.3 is 0 Å². The van der Waals surface area contributed by atoms with Crippen molar-refractivity contribution in [3.05, 3.63) is 34.3 Å². The molecule has 0 spiro atoms. The number of hydrogen-bond donors (Lipinski definition) is 0. The first kappa shape index (κ1) is 17.4. The Bertz CT molecular complexity index is 629. The molecule has 5 nitrogen and oxygen atoms in total. The average Bonchev–Trinajstić information content (AvgIpc) is 2.85. The van der Waals surface area contributed by atoms with Crippen molar-refractivity contribution in [1.82, 2.24) is 9.80 Å². The lowest BCUT2D eigenvalue weighted by Crippen LogP contribution is -2.43. The Labute approximate surface area is 147 Å². The first-order valence-electron chi connectivity index (χ1n) is 8.44. The summed E-state index contributed by atoms with van der Waals surface area (Å²) < 4.78 is 5.32. The van der Waals surface area contributed by atoms with E-state index < -0.39 is 0 Å². The van der Waals surface area contributed by atoms with Crippen LogP contribution >= 0.6 is 11.6 Å². The quantitative estimate of drug-likeness (QED) is 0.761. The molecule has 0 radical (unpaired) electrons. The Morgan fingerprint density at radius 2 is 1.96 bits per heavy atom. The molecule has 2 aliphatic rings. The van der Waals surface area contributed by atoms with Crippen molar-refractivity contribution in [1.29, 1.82) is 0 Å². The Kier molecular flexibility index (Phi) is 5.54. The van der Waals surface area contributed by atoms with Gasteiger partial charge in [0, 0.05) is 37.6 Å². The number of ether oxygens (including phenoxy) is 1. The number of carbonyl (C=O) groups excluding carboxylic acids is 2. The smallest absolute Gasteiger partial charge is 0.233 e. The zero-order valence-electron chi connectivity index (χ0n) is 14.0. The summed E-state index contributed by atoms with van der Waals surface area (Å²) in [6, 6.07) is 5.72. The van der Waals surface area contributed by atoms with E-state index in [2.05, 4.69) is 4.90 Å². The summed E-state index contributed by atoms with van der Waals surface area (Å²) >= 11 is 6.15. The second kappa shape index (κ2) is 7.64. The molecule has 1 atom stereocenters. The fourth-order valence-corrected chi connectivity index (χ4v) is 3.54. The lowest BCUT2D eigenvalue weighted by Gasteiger charge is -2.28. The van der Waals surface area contributed by atoms with Crippen molar-refractivity contribution >= 4 is 23.4 Å². The van der Waals surface area contributed by atoms with Gasteiger partial charge in [0.05, 0.1) is 19.1 Å². The highest BCUT2D eigenvalue weighted by Gasteiger charge is 2.38. The molecule has 1 aromatic rings. The van der Waals surface area contributed by atoms with Crippen LogP contribution < -0.4 is 0 Å². The highest BCUT2D eigenvalue weighted by atomic mass is 35.5. The SMILES string of the molecule is Cc1c(Cl)cccc1CC1CC(=O)N(CCN2CCOCC2)C1=O. The van der Waals surface area contributed by atoms with Gasteiger partial charge < -0.3 is 4.74 Å². The Morgan fingerprint density at radius 1 is 1.21 bits per heavy atom. The van der Waals surface area contributed by atoms with Gasteiger partial charge in [0.2, 0.25) is 11.8 Å². The molecule has 130 valence electrons. The van der Waals surface area contributed by atoms with E-state index in [9.17, 15) is 9.59 Å². The topological polar surface area (TPSA) is 49.9 Å². The van der Waals surface area contributed by atoms with E-state index >= 15 is 0 Å². The third-order valence-corrected chi connectivity index (χ3v) is 5.34. The lowest BCUT2D eigenvalue weighted by molar-refractivity contribution is -0.139. The molecule has 0 aliphatic carbocycles. The van der Waals surface area contributed by atoms with E-state index in [0.29, 0.717) is 24.4 Å². The number of halogens is 1. The van der Waals surface area contributed by atoms with Gasteiger partial charge in [0.25, 0.3) is 0 Å². The van der Waals surface area contributed by atoms with Gasteiger partial charge in [-0.15, -0.1) is 0 Å². The van der Waals surface area contributed by atoms with Crippen LogP contribution in [0.3, 0.4) is 0 Å². The van der Waals surface area contributed by atoms with E-state index in [1.54, 1.807) is 0 Å². The maximum atomic E-state index is 12.6. The maximum Gasteiger partial charge on any atom is 0.233 e. The lowest BCUT2D eigenvalue weighted by atomic mass is 9.95. The fraction of sp³-hybridized carbons (Fsp3) is 0.556. The minimum Gasteiger partial charge on any atom is -0.379 e. The zero-order valence-corrected chi connectivity index (χ0v) is 14.7. The number of imide groups is 1. The molecule has 0 bridgehead atoms. The van der Waals surface area contributed by atoms with Crippen molar-refractivity contribution in [3.8, 4) is 0 Å². The number of hydrogen-bond acceptors (Lipinski definition) is 4. The second-order valence-electron chi connectivity index (χ2n) is 6.47. The summed E-state index contributed by atoms with van der Waals surface area (Å²) in [7, 11) is 0. The molecule has 1 aromatic carbocycles. The van der Waals surface area contributed by atoms with E-state index in [1.807, 2.05) is 25.1 Å². The molecule has 0 aromatic heterocycles. The predicted octanol–water partition coefficient (Wildman–Crippen LogP) is 1.90. The van der Waals surface area contributed by atoms with Crippen LogP contribution in [-0.2, 0) is 20.7 Å². The van der Waals surface area contributed by atoms with Crippen molar-refractivity contribution in [2.75, 3.05) is 39.4 Å². The van der Waals surface area contributed by atoms with E-state index in [1.165, 1.54) is 4.90 Å². The number of carbonyl (C=O) groups is 2. The average molecular weight is 351 g/mol. The van der Waals surface area contributed by atoms with Gasteiger partial charge in [-0.2, -0.15) is 0 Å². The number of rotatable bonds is 5. The number of likely N-dealkylation sites (tertiary alicyclic amines) is 1. The molecular weight excluding hydrogens is 328 g/mol. The minimum absolute atomic E-state index is 0.0485. The molecule has 3 rings (SSSR count). The molecule has 24 heavy (non-hydrogen) atoms. The van der Waals surface area contributed by atoms with Crippen LogP contribution in [0.2, 0.25) is 5.02 Å². The first-order chi connectivity index (χ1) is 11.6. The Balaban J connectivity index is 1.60. The summed E-state index contributed by atoms with van der Waals surface area (Å²) in [6.07, 6.45) is 0.874. The minimum atomic E-state index is -0.264. The van der Waals surface area contributed by atoms with E-state index in [0.717, 1.165) is 44.0 Å². The van der Waals surface area contributed by atoms with Crippen LogP contribution in [0.15, 0.2) is 18.2 Å². The Morgan fingerprint density at radius 3 is 2.71 bits per heavy atom. The third-order valence-electron chi connectivity index (χ3n) is 4.93. The van der Waals surface area contributed by atoms with Crippen LogP contribution in [0.4, 0.5) is 0 Å². The number of amides is 2. The summed E-state index contributed by atoms with van der Waals surface area (Å²) in [4.78, 5) is 28.5. The largest absolute Gasteiger partial charge is 0.379 e. The fourth-order valence-electron chi connectivity index (χ4n) is 3.35. The van der Waals surface area contributed by atoms with Gasteiger partial charge in [-0.3, -0.25) is 19.4 Å². The predicted molar refractivity (Wildman–Crippen MR) is 92.0 cm³/mol. The van der Waals surface area contributed by atoms with Crippen LogP contribution in [0.1, 0.15) is 17.5 Å². The summed E-state index contributed by atoms with van der Waals surface area (Å²) in [5.41, 5.74) is 2.04. The van der Waals surface area contributed by atoms with Crippen LogP contribution in [0, 0.1) is 12.8 Å². The highest BCUT2D eigenvalue weighted by Crippen LogP contribution is 2.27. The summed E-state index contributed by atoms with van der Waals surface area (Å²) in [5.74, 6) is -0.370. The van der Waals surface area contributed by atoms with Crippen LogP contribution in [0.25, 0.3) is 0 Å². The maximum absolute atomic E-state index is 12.6. The molecule has 0 saturated carbocycles. The molecule has 2 amide bonds. The first-order valence-corrected chi connectivity index (χ1v) is 8.82. The molecule has 0 N–H and O–H groups in total. The van der Waals surface area contributed by atoms with Crippen LogP contribution in [0.5, 0.6) is 0 Å². The molecule has 2 fully saturated rings. The highest BCUT2D eigenvalue weighted by molar-refractivity contribution is 6.31. The van der Waals surface area contributed by atoms with Crippen molar-refractivity contribution in [3.63, 3.8) is 0 Å². The van der Waals surface area contributed by atoms with Crippen LogP contribution in [-0.4, -0.2) is 61.0 Å². The summed E-state index contributed by atoms with van der Waals surface area (Å²) in [5, 5.41) is 0.702. The van der Waals surface area contributed by atoms with Gasteiger partial charge in [-0.05, 0) is 30.5 Å². The monoisotopic (exact) mass is 350 g/mol. The second-order valence-corrected chi connectivity index (χ2v) is 6.87. The normalized spacial score (nSPS) is 22.4. The molecule has 2 aliphatic heterocycles. The molecular formula is C18H23ClN2O3.